The quantitative estimate of drug-likeness (QED) is 0.784. The minimum Gasteiger partial charge on any atom is -0.478 e. The number of nitrogens with zero attached hydrogens (tertiary/aromatic N) is 2. The molecule has 0 aliphatic rings. The molecule has 1 rings (SSSR count). The van der Waals surface area contributed by atoms with E-state index in [9.17, 15) is 14.4 Å². The van der Waals surface area contributed by atoms with Crippen LogP contribution in [0.5, 0.6) is 0 Å². The van der Waals surface area contributed by atoms with Gasteiger partial charge in [0, 0.05) is 19.3 Å². The van der Waals surface area contributed by atoms with E-state index in [-0.39, 0.29) is 23.7 Å². The van der Waals surface area contributed by atoms with Crippen molar-refractivity contribution in [3.63, 3.8) is 0 Å². The minimum atomic E-state index is -1.11. The van der Waals surface area contributed by atoms with Crippen molar-refractivity contribution in [1.82, 2.24) is 15.2 Å². The van der Waals surface area contributed by atoms with Crippen molar-refractivity contribution in [1.29, 1.82) is 0 Å². The van der Waals surface area contributed by atoms with Crippen LogP contribution in [0.1, 0.15) is 34.7 Å². The number of carbonyl (C=O) groups is 3. The maximum atomic E-state index is 11.7. The molecule has 0 aliphatic carbocycles. The Labute approximate surface area is 116 Å². The van der Waals surface area contributed by atoms with E-state index < -0.39 is 11.9 Å². The van der Waals surface area contributed by atoms with E-state index in [4.69, 9.17) is 5.11 Å². The van der Waals surface area contributed by atoms with Gasteiger partial charge in [-0.05, 0) is 26.0 Å². The number of amides is 2. The van der Waals surface area contributed by atoms with Crippen LogP contribution in [0.3, 0.4) is 0 Å². The SMILES string of the molecule is CCN(CC)C(=O)CNC(=O)c1ccc(C(=O)O)cn1. The number of nitrogens with one attached hydrogen (secondary N) is 1. The molecule has 0 radical (unpaired) electrons. The van der Waals surface area contributed by atoms with Crippen molar-refractivity contribution in [2.24, 2.45) is 0 Å². The third-order valence-corrected chi connectivity index (χ3v) is 2.76. The largest absolute Gasteiger partial charge is 0.478 e. The third kappa shape index (κ3) is 4.04. The van der Waals surface area contributed by atoms with Crippen molar-refractivity contribution in [3.8, 4) is 0 Å². The molecule has 0 saturated heterocycles. The first kappa shape index (κ1) is 15.6. The molecule has 0 bridgehead atoms. The number of hydrogen-bond donors (Lipinski definition) is 2. The van der Waals surface area contributed by atoms with Gasteiger partial charge in [0.15, 0.2) is 0 Å². The van der Waals surface area contributed by atoms with E-state index in [0.29, 0.717) is 13.1 Å². The maximum absolute atomic E-state index is 11.7. The molecule has 7 heteroatoms. The standard InChI is InChI=1S/C13H17N3O4/c1-3-16(4-2)11(17)8-15-12(18)10-6-5-9(7-14-10)13(19)20/h5-7H,3-4,8H2,1-2H3,(H,15,18)(H,19,20). The molecule has 1 aromatic rings. The van der Waals surface area contributed by atoms with Crippen molar-refractivity contribution >= 4 is 17.8 Å². The number of rotatable bonds is 6. The molecule has 0 fully saturated rings. The Bertz CT molecular complexity index is 495. The van der Waals surface area contributed by atoms with Crippen LogP contribution in [0.15, 0.2) is 18.3 Å². The number of carbonyl (C=O) groups excluding carboxylic acids is 2. The van der Waals surface area contributed by atoms with Gasteiger partial charge in [-0.2, -0.15) is 0 Å². The summed E-state index contributed by atoms with van der Waals surface area (Å²) in [7, 11) is 0. The molecule has 0 saturated carbocycles. The third-order valence-electron chi connectivity index (χ3n) is 2.76. The highest BCUT2D eigenvalue weighted by Gasteiger charge is 2.13. The number of carboxylic acids is 1. The zero-order valence-electron chi connectivity index (χ0n) is 11.4. The highest BCUT2D eigenvalue weighted by Crippen LogP contribution is 2.00. The van der Waals surface area contributed by atoms with Gasteiger partial charge in [0.2, 0.25) is 5.91 Å². The number of carboxylic acid groups (broad SMARTS) is 1. The van der Waals surface area contributed by atoms with Gasteiger partial charge in [-0.1, -0.05) is 0 Å². The predicted octanol–water partition coefficient (Wildman–Crippen LogP) is 0.378. The zero-order chi connectivity index (χ0) is 15.1. The molecule has 2 amide bonds. The number of likely N-dealkylation sites (N-methyl/N-ethyl adjacent to an activating group) is 1. The van der Waals surface area contributed by atoms with Crippen LogP contribution in [-0.4, -0.2) is 52.4 Å². The highest BCUT2D eigenvalue weighted by molar-refractivity contribution is 5.95. The molecule has 0 aromatic carbocycles. The van der Waals surface area contributed by atoms with Gasteiger partial charge in [0.05, 0.1) is 12.1 Å². The zero-order valence-corrected chi connectivity index (χ0v) is 11.4. The van der Waals surface area contributed by atoms with Crippen molar-refractivity contribution in [3.05, 3.63) is 29.6 Å². The van der Waals surface area contributed by atoms with Crippen LogP contribution in [-0.2, 0) is 4.79 Å². The summed E-state index contributed by atoms with van der Waals surface area (Å²) < 4.78 is 0. The summed E-state index contributed by atoms with van der Waals surface area (Å²) in [6, 6.07) is 2.59. The van der Waals surface area contributed by atoms with Crippen LogP contribution in [0.2, 0.25) is 0 Å². The summed E-state index contributed by atoms with van der Waals surface area (Å²) in [5, 5.41) is 11.2. The van der Waals surface area contributed by atoms with Gasteiger partial charge in [-0.25, -0.2) is 4.79 Å². The average molecular weight is 279 g/mol. The van der Waals surface area contributed by atoms with Gasteiger partial charge >= 0.3 is 5.97 Å². The fourth-order valence-electron chi connectivity index (χ4n) is 1.59. The van der Waals surface area contributed by atoms with Gasteiger partial charge < -0.3 is 15.3 Å². The van der Waals surface area contributed by atoms with E-state index in [2.05, 4.69) is 10.3 Å². The van der Waals surface area contributed by atoms with Crippen LogP contribution in [0, 0.1) is 0 Å². The van der Waals surface area contributed by atoms with Crippen LogP contribution >= 0.6 is 0 Å². The number of aromatic nitrogens is 1. The minimum absolute atomic E-state index is 0.000711. The lowest BCUT2D eigenvalue weighted by molar-refractivity contribution is -0.129. The molecular formula is C13H17N3O4. The van der Waals surface area contributed by atoms with E-state index >= 15 is 0 Å². The van der Waals surface area contributed by atoms with E-state index in [0.717, 1.165) is 6.20 Å². The molecule has 0 aliphatic heterocycles. The summed E-state index contributed by atoms with van der Waals surface area (Å²) >= 11 is 0. The summed E-state index contributed by atoms with van der Waals surface area (Å²) in [4.78, 5) is 39.4. The smallest absolute Gasteiger partial charge is 0.337 e. The fraction of sp³-hybridized carbons (Fsp3) is 0.385. The van der Waals surface area contributed by atoms with Crippen molar-refractivity contribution in [2.75, 3.05) is 19.6 Å². The Kier molecular flexibility index (Phi) is 5.64. The van der Waals surface area contributed by atoms with E-state index in [1.165, 1.54) is 12.1 Å². The van der Waals surface area contributed by atoms with Gasteiger partial charge in [-0.15, -0.1) is 0 Å². The molecule has 1 aromatic heterocycles. The number of aromatic carboxylic acids is 1. The molecule has 2 N–H and O–H groups in total. The van der Waals surface area contributed by atoms with E-state index in [1.54, 1.807) is 4.90 Å². The molecule has 0 atom stereocenters. The first-order valence-electron chi connectivity index (χ1n) is 6.24. The molecule has 0 spiro atoms. The second-order valence-corrected chi connectivity index (χ2v) is 3.99. The predicted molar refractivity (Wildman–Crippen MR) is 71.5 cm³/mol. The molecular weight excluding hydrogens is 262 g/mol. The van der Waals surface area contributed by atoms with E-state index in [1.807, 2.05) is 13.8 Å². The maximum Gasteiger partial charge on any atom is 0.337 e. The molecule has 1 heterocycles. The molecule has 7 nitrogen and oxygen atoms in total. The Morgan fingerprint density at radius 3 is 2.35 bits per heavy atom. The lowest BCUT2D eigenvalue weighted by Gasteiger charge is -2.18. The second-order valence-electron chi connectivity index (χ2n) is 3.99. The normalized spacial score (nSPS) is 9.90. The monoisotopic (exact) mass is 279 g/mol. The summed E-state index contributed by atoms with van der Waals surface area (Å²) in [6.45, 7) is 4.77. The topological polar surface area (TPSA) is 99.6 Å². The Morgan fingerprint density at radius 1 is 1.25 bits per heavy atom. The van der Waals surface area contributed by atoms with Crippen LogP contribution in [0.4, 0.5) is 0 Å². The van der Waals surface area contributed by atoms with Crippen LogP contribution < -0.4 is 5.32 Å². The molecule has 108 valence electrons. The first-order chi connectivity index (χ1) is 9.49. The lowest BCUT2D eigenvalue weighted by atomic mass is 10.2. The molecule has 0 unspecified atom stereocenters. The molecule has 20 heavy (non-hydrogen) atoms. The summed E-state index contributed by atoms with van der Waals surface area (Å²) in [6.07, 6.45) is 1.10. The summed E-state index contributed by atoms with van der Waals surface area (Å²) in [5.74, 6) is -1.80. The fourth-order valence-corrected chi connectivity index (χ4v) is 1.59. The summed E-state index contributed by atoms with van der Waals surface area (Å²) in [5.41, 5.74) is 0.0723. The van der Waals surface area contributed by atoms with Gasteiger partial charge in [0.1, 0.15) is 5.69 Å². The average Bonchev–Trinajstić information content (AvgIpc) is 2.46. The first-order valence-corrected chi connectivity index (χ1v) is 6.24. The van der Waals surface area contributed by atoms with Crippen molar-refractivity contribution < 1.29 is 19.5 Å². The highest BCUT2D eigenvalue weighted by atomic mass is 16.4. The van der Waals surface area contributed by atoms with Gasteiger partial charge in [-0.3, -0.25) is 14.6 Å². The number of hydrogen-bond acceptors (Lipinski definition) is 4. The van der Waals surface area contributed by atoms with Gasteiger partial charge in [0.25, 0.3) is 5.91 Å². The number of pyridine rings is 1. The Balaban J connectivity index is 2.59. The Hall–Kier alpha value is -2.44. The van der Waals surface area contributed by atoms with Crippen LogP contribution in [0.25, 0.3) is 0 Å². The lowest BCUT2D eigenvalue weighted by Crippen LogP contribution is -2.40. The Morgan fingerprint density at radius 2 is 1.90 bits per heavy atom. The van der Waals surface area contributed by atoms with Crippen molar-refractivity contribution in [2.45, 2.75) is 13.8 Å². The second kappa shape index (κ2) is 7.22.